The molecule has 0 fully saturated rings. The Hall–Kier alpha value is -1.89. The molecule has 22 heavy (non-hydrogen) atoms. The summed E-state index contributed by atoms with van der Waals surface area (Å²) in [6, 6.07) is 3.86. The van der Waals surface area contributed by atoms with Crippen LogP contribution in [0.25, 0.3) is 0 Å². The number of carbonyl (C=O) groups excluding carboxylic acids is 1. The third-order valence-electron chi connectivity index (χ3n) is 3.33. The van der Waals surface area contributed by atoms with E-state index in [0.29, 0.717) is 5.82 Å². The lowest BCUT2D eigenvalue weighted by molar-refractivity contribution is -0.122. The monoisotopic (exact) mass is 322 g/mol. The number of aromatic nitrogens is 3. The van der Waals surface area contributed by atoms with Gasteiger partial charge in [0, 0.05) is 4.88 Å². The van der Waals surface area contributed by atoms with Gasteiger partial charge < -0.3 is 5.32 Å². The van der Waals surface area contributed by atoms with E-state index >= 15 is 0 Å². The highest BCUT2D eigenvalue weighted by Crippen LogP contribution is 2.18. The van der Waals surface area contributed by atoms with Crippen LogP contribution in [0.3, 0.4) is 0 Å². The number of nitrogens with one attached hydrogen (secondary N) is 1. The van der Waals surface area contributed by atoms with Crippen LogP contribution >= 0.6 is 11.3 Å². The molecule has 2 heterocycles. The molecule has 6 nitrogen and oxygen atoms in total. The number of hydrogen-bond donors (Lipinski definition) is 1. The summed E-state index contributed by atoms with van der Waals surface area (Å²) in [4.78, 5) is 25.6. The maximum atomic E-state index is 12.4. The molecular weight excluding hydrogens is 300 g/mol. The first kappa shape index (κ1) is 16.5. The number of thiophene rings is 1. The zero-order valence-corrected chi connectivity index (χ0v) is 14.4. The van der Waals surface area contributed by atoms with E-state index in [-0.39, 0.29) is 24.2 Å². The topological polar surface area (TPSA) is 68.9 Å². The molecular formula is C15H22N4O2S. The molecule has 0 saturated heterocycles. The Morgan fingerprint density at radius 2 is 2.14 bits per heavy atom. The zero-order valence-electron chi connectivity index (χ0n) is 13.6. The van der Waals surface area contributed by atoms with Gasteiger partial charge in [-0.15, -0.1) is 11.3 Å². The average Bonchev–Trinajstić information content (AvgIpc) is 3.01. The third-order valence-corrected chi connectivity index (χ3v) is 4.39. The summed E-state index contributed by atoms with van der Waals surface area (Å²) in [5.74, 6) is 0.346. The summed E-state index contributed by atoms with van der Waals surface area (Å²) < 4.78 is 2.82. The summed E-state index contributed by atoms with van der Waals surface area (Å²) in [6.07, 6.45) is 0. The normalized spacial score (nSPS) is 13.1. The molecule has 0 bridgehead atoms. The summed E-state index contributed by atoms with van der Waals surface area (Å²) in [6.45, 7) is 9.37. The zero-order chi connectivity index (χ0) is 16.5. The molecule has 0 unspecified atom stereocenters. The van der Waals surface area contributed by atoms with Crippen molar-refractivity contribution in [1.82, 2.24) is 19.7 Å². The van der Waals surface area contributed by atoms with Gasteiger partial charge in [-0.05, 0) is 46.1 Å². The average molecular weight is 322 g/mol. The summed E-state index contributed by atoms with van der Waals surface area (Å²) in [5.41, 5.74) is -0.669. The first-order valence-electron chi connectivity index (χ1n) is 7.20. The van der Waals surface area contributed by atoms with E-state index in [1.165, 1.54) is 9.25 Å². The van der Waals surface area contributed by atoms with Gasteiger partial charge in [0.05, 0.1) is 11.6 Å². The van der Waals surface area contributed by atoms with Gasteiger partial charge in [-0.3, -0.25) is 9.36 Å². The fourth-order valence-corrected chi connectivity index (χ4v) is 2.89. The van der Waals surface area contributed by atoms with Crippen LogP contribution in [0.2, 0.25) is 0 Å². The lowest BCUT2D eigenvalue weighted by Gasteiger charge is -2.17. The molecule has 0 aromatic carbocycles. The van der Waals surface area contributed by atoms with Crippen molar-refractivity contribution >= 4 is 17.2 Å². The number of rotatable bonds is 4. The van der Waals surface area contributed by atoms with Gasteiger partial charge in [0.15, 0.2) is 0 Å². The molecule has 0 aliphatic carbocycles. The minimum absolute atomic E-state index is 0.0174. The molecule has 1 atom stereocenters. The van der Waals surface area contributed by atoms with E-state index < -0.39 is 5.54 Å². The number of aryl methyl sites for hydroxylation is 1. The van der Waals surface area contributed by atoms with E-state index in [0.717, 1.165) is 4.88 Å². The first-order valence-corrected chi connectivity index (χ1v) is 8.08. The van der Waals surface area contributed by atoms with Crippen molar-refractivity contribution in [2.75, 3.05) is 0 Å². The second kappa shape index (κ2) is 6.08. The van der Waals surface area contributed by atoms with Crippen LogP contribution in [0.15, 0.2) is 22.3 Å². The maximum absolute atomic E-state index is 12.4. The van der Waals surface area contributed by atoms with Crippen LogP contribution in [-0.4, -0.2) is 20.3 Å². The van der Waals surface area contributed by atoms with E-state index in [4.69, 9.17) is 0 Å². The van der Waals surface area contributed by atoms with Gasteiger partial charge in [0.25, 0.3) is 0 Å². The molecule has 2 aromatic rings. The first-order chi connectivity index (χ1) is 10.2. The van der Waals surface area contributed by atoms with Crippen molar-refractivity contribution < 1.29 is 4.79 Å². The lowest BCUT2D eigenvalue weighted by atomic mass is 10.1. The van der Waals surface area contributed by atoms with Gasteiger partial charge >= 0.3 is 5.69 Å². The van der Waals surface area contributed by atoms with Crippen LogP contribution in [0.5, 0.6) is 0 Å². The van der Waals surface area contributed by atoms with Crippen molar-refractivity contribution in [1.29, 1.82) is 0 Å². The number of hydrogen-bond acceptors (Lipinski definition) is 4. The predicted molar refractivity (Wildman–Crippen MR) is 87.1 cm³/mol. The minimum Gasteiger partial charge on any atom is -0.347 e. The summed E-state index contributed by atoms with van der Waals surface area (Å²) >= 11 is 1.59. The van der Waals surface area contributed by atoms with Crippen LogP contribution in [-0.2, 0) is 16.9 Å². The van der Waals surface area contributed by atoms with Crippen molar-refractivity contribution in [2.24, 2.45) is 0 Å². The van der Waals surface area contributed by atoms with Gasteiger partial charge in [0.2, 0.25) is 5.91 Å². The van der Waals surface area contributed by atoms with Crippen LogP contribution in [0, 0.1) is 6.92 Å². The second-order valence-electron chi connectivity index (χ2n) is 6.30. The molecule has 0 spiro atoms. The minimum atomic E-state index is -0.409. The summed E-state index contributed by atoms with van der Waals surface area (Å²) in [7, 11) is 0. The largest absolute Gasteiger partial charge is 0.347 e. The smallest absolute Gasteiger partial charge is 0.346 e. The Morgan fingerprint density at radius 3 is 2.64 bits per heavy atom. The molecule has 2 aromatic heterocycles. The van der Waals surface area contributed by atoms with Crippen molar-refractivity contribution in [3.05, 3.63) is 38.7 Å². The van der Waals surface area contributed by atoms with Gasteiger partial charge in [-0.25, -0.2) is 9.48 Å². The molecule has 1 amide bonds. The Balaban J connectivity index is 2.13. The van der Waals surface area contributed by atoms with Crippen LogP contribution < -0.4 is 11.0 Å². The molecule has 2 rings (SSSR count). The van der Waals surface area contributed by atoms with E-state index in [2.05, 4.69) is 10.4 Å². The van der Waals surface area contributed by atoms with E-state index in [1.807, 2.05) is 45.2 Å². The van der Waals surface area contributed by atoms with Crippen molar-refractivity contribution in [3.63, 3.8) is 0 Å². The molecule has 120 valence electrons. The second-order valence-corrected chi connectivity index (χ2v) is 7.28. The highest BCUT2D eigenvalue weighted by molar-refractivity contribution is 7.10. The molecule has 1 N–H and O–H groups in total. The Morgan fingerprint density at radius 1 is 1.45 bits per heavy atom. The molecule has 0 aliphatic heterocycles. The van der Waals surface area contributed by atoms with Crippen LogP contribution in [0.1, 0.15) is 44.4 Å². The SMILES string of the molecule is Cc1nn(C(C)(C)C)c(=O)n1CC(=O)N[C@H](C)c1cccs1. The van der Waals surface area contributed by atoms with E-state index in [9.17, 15) is 9.59 Å². The fraction of sp³-hybridized carbons (Fsp3) is 0.533. The van der Waals surface area contributed by atoms with Gasteiger partial charge in [0.1, 0.15) is 12.4 Å². The Bertz CT molecular complexity index is 707. The quantitative estimate of drug-likeness (QED) is 0.936. The van der Waals surface area contributed by atoms with Crippen molar-refractivity contribution in [2.45, 2.75) is 52.7 Å². The maximum Gasteiger partial charge on any atom is 0.346 e. The Labute approximate surface area is 133 Å². The third kappa shape index (κ3) is 3.47. The van der Waals surface area contributed by atoms with Crippen molar-refractivity contribution in [3.8, 4) is 0 Å². The standard InChI is InChI=1S/C15H22N4O2S/c1-10(12-7-6-8-22-12)16-13(20)9-18-11(2)17-19(14(18)21)15(3,4)5/h6-8,10H,9H2,1-5H3,(H,16,20)/t10-/m1/s1. The van der Waals surface area contributed by atoms with E-state index in [1.54, 1.807) is 18.3 Å². The number of carbonyl (C=O) groups is 1. The summed E-state index contributed by atoms with van der Waals surface area (Å²) in [5, 5.41) is 9.13. The highest BCUT2D eigenvalue weighted by atomic mass is 32.1. The molecule has 0 saturated carbocycles. The van der Waals surface area contributed by atoms with Gasteiger partial charge in [-0.1, -0.05) is 6.07 Å². The number of amides is 1. The van der Waals surface area contributed by atoms with Crippen LogP contribution in [0.4, 0.5) is 0 Å². The highest BCUT2D eigenvalue weighted by Gasteiger charge is 2.22. The molecule has 7 heteroatoms. The van der Waals surface area contributed by atoms with Gasteiger partial charge in [-0.2, -0.15) is 5.10 Å². The molecule has 0 radical (unpaired) electrons. The predicted octanol–water partition coefficient (Wildman–Crippen LogP) is 2.05. The lowest BCUT2D eigenvalue weighted by Crippen LogP contribution is -2.38. The Kier molecular flexibility index (Phi) is 4.55. The fourth-order valence-electron chi connectivity index (χ4n) is 2.15. The number of nitrogens with zero attached hydrogens (tertiary/aromatic N) is 3. The molecule has 0 aliphatic rings.